The van der Waals surface area contributed by atoms with Crippen molar-refractivity contribution in [1.29, 1.82) is 0 Å². The maximum atomic E-state index is 6.21. The van der Waals surface area contributed by atoms with Crippen LogP contribution in [0, 0.1) is 0 Å². The molecule has 0 saturated heterocycles. The first kappa shape index (κ1) is 24.4. The summed E-state index contributed by atoms with van der Waals surface area (Å²) in [7, 11) is 25.0. The quantitative estimate of drug-likeness (QED) is 0.239. The summed E-state index contributed by atoms with van der Waals surface area (Å²) in [5.74, 6) is 0. The van der Waals surface area contributed by atoms with Crippen molar-refractivity contribution in [2.24, 2.45) is 0 Å². The molecule has 1 aliphatic rings. The van der Waals surface area contributed by atoms with Gasteiger partial charge in [0.2, 0.25) is 0 Å². The van der Waals surface area contributed by atoms with E-state index in [9.17, 15) is 0 Å². The van der Waals surface area contributed by atoms with Gasteiger partial charge in [-0.05, 0) is 37.6 Å². The predicted octanol–water partition coefficient (Wildman–Crippen LogP) is 8.37. The van der Waals surface area contributed by atoms with Crippen LogP contribution in [0.4, 0.5) is 5.69 Å². The summed E-state index contributed by atoms with van der Waals surface area (Å²) < 4.78 is 1.71. The zero-order chi connectivity index (χ0) is 19.2. The van der Waals surface area contributed by atoms with Gasteiger partial charge >= 0.3 is 62.1 Å². The fraction of sp³-hybridized carbons (Fsp3) is 0.364. The number of halogens is 10. The van der Waals surface area contributed by atoms with Crippen LogP contribution in [-0.2, 0) is 0 Å². The normalized spacial score (nSPS) is 19.8. The van der Waals surface area contributed by atoms with Gasteiger partial charge in [0.05, 0.1) is 12.0 Å². The van der Waals surface area contributed by atoms with E-state index in [1.54, 1.807) is 16.8 Å². The van der Waals surface area contributed by atoms with Crippen molar-refractivity contribution >= 4 is 119 Å². The Labute approximate surface area is 180 Å². The molecule has 0 aromatic heterocycles. The van der Waals surface area contributed by atoms with Crippen molar-refractivity contribution in [3.63, 3.8) is 0 Å². The Morgan fingerprint density at radius 2 is 1.29 bits per heavy atom. The van der Waals surface area contributed by atoms with Crippen LogP contribution in [0.1, 0.15) is 20.3 Å². The van der Waals surface area contributed by atoms with Gasteiger partial charge in [-0.25, -0.2) is 0 Å². The van der Waals surface area contributed by atoms with Crippen LogP contribution >= 0.6 is 99.4 Å². The SMILES string of the molecule is CC1(C)CC(Cl)=[N+](c2c(Cl)cc(Cl)cc2Cl)N1.[Cl][Sb-]([Cl])([Cl])([Cl])([Cl])[Cl]. The molecule has 0 aliphatic carbocycles. The molecule has 1 aromatic rings. The fourth-order valence-electron chi connectivity index (χ4n) is 1.77. The Morgan fingerprint density at radius 3 is 1.58 bits per heavy atom. The van der Waals surface area contributed by atoms with Crippen LogP contribution in [0.5, 0.6) is 0 Å². The second-order valence-corrected chi connectivity index (χ2v) is 64.1. The molecule has 1 N–H and O–H groups in total. The van der Waals surface area contributed by atoms with Crippen LogP contribution < -0.4 is 5.43 Å². The van der Waals surface area contributed by atoms with Crippen molar-refractivity contribution in [2.75, 3.05) is 0 Å². The predicted molar refractivity (Wildman–Crippen MR) is 115 cm³/mol. The molecule has 0 atom stereocenters. The Morgan fingerprint density at radius 1 is 0.917 bits per heavy atom. The molecular formula is C11H11Cl10N2Sb. The number of hydrogen-bond acceptors (Lipinski definition) is 1. The number of nitrogens with zero attached hydrogens (tertiary/aromatic N) is 1. The fourth-order valence-corrected chi connectivity index (χ4v) is 3.22. The molecule has 0 spiro atoms. The standard InChI is InChI=1S/C11H11Cl4N2.6ClH.Sb/c1-11(2)5-9(15)17(16-11)10-7(13)3-6(12)4-8(10)14;;;;;;;/h3-4,16H,5H2,1-2H3;6*1H;/q+1;;;;;;;+5/p-6. The Bertz CT molecular complexity index is 658. The van der Waals surface area contributed by atoms with E-state index >= 15 is 0 Å². The molecule has 24 heavy (non-hydrogen) atoms. The van der Waals surface area contributed by atoms with Gasteiger partial charge in [-0.2, -0.15) is 5.43 Å². The summed E-state index contributed by atoms with van der Waals surface area (Å²) in [6.07, 6.45) is 0.712. The van der Waals surface area contributed by atoms with Crippen molar-refractivity contribution in [3.05, 3.63) is 27.2 Å². The molecule has 0 amide bonds. The van der Waals surface area contributed by atoms with Gasteiger partial charge < -0.3 is 0 Å². The van der Waals surface area contributed by atoms with E-state index in [0.29, 0.717) is 32.3 Å². The van der Waals surface area contributed by atoms with Crippen molar-refractivity contribution in [2.45, 2.75) is 25.8 Å². The summed E-state index contributed by atoms with van der Waals surface area (Å²) in [6, 6.07) is 3.28. The molecule has 0 fully saturated rings. The molecule has 140 valence electrons. The molecule has 0 saturated carbocycles. The molecule has 0 unspecified atom stereocenters. The second-order valence-electron chi connectivity index (χ2n) is 5.56. The van der Waals surface area contributed by atoms with E-state index in [1.807, 2.05) is 13.8 Å². The monoisotopic (exact) mass is 642 g/mol. The first-order chi connectivity index (χ1) is 10.2. The molecular weight excluding hydrogens is 636 g/mol. The first-order valence-corrected chi connectivity index (χ1v) is 27.0. The van der Waals surface area contributed by atoms with Crippen molar-refractivity contribution < 1.29 is 4.68 Å². The molecule has 0 bridgehead atoms. The number of hydrogen-bond donors (Lipinski definition) is 1. The second kappa shape index (κ2) is 7.34. The summed E-state index contributed by atoms with van der Waals surface area (Å²) in [4.78, 5) is 0. The van der Waals surface area contributed by atoms with Crippen LogP contribution in [-0.4, -0.2) is 24.5 Å². The summed E-state index contributed by atoms with van der Waals surface area (Å²) in [5, 5.41) is 2.08. The Kier molecular flexibility index (Phi) is 7.48. The average molecular weight is 648 g/mol. The van der Waals surface area contributed by atoms with E-state index in [0.717, 1.165) is 0 Å². The topological polar surface area (TPSA) is 15.0 Å². The number of hydrazone groups is 1. The van der Waals surface area contributed by atoms with E-state index in [-0.39, 0.29) is 5.54 Å². The number of benzene rings is 1. The van der Waals surface area contributed by atoms with Crippen molar-refractivity contribution in [1.82, 2.24) is 5.43 Å². The minimum absolute atomic E-state index is 0.122. The van der Waals surface area contributed by atoms with Crippen LogP contribution in [0.25, 0.3) is 0 Å². The van der Waals surface area contributed by atoms with Gasteiger partial charge in [-0.3, -0.25) is 0 Å². The van der Waals surface area contributed by atoms with Gasteiger partial charge in [0.25, 0.3) is 10.9 Å². The molecule has 1 aromatic carbocycles. The van der Waals surface area contributed by atoms with Gasteiger partial charge in [-0.15, -0.1) is 0 Å². The maximum absolute atomic E-state index is 6.21. The van der Waals surface area contributed by atoms with E-state index in [4.69, 9.17) is 99.4 Å². The van der Waals surface area contributed by atoms with E-state index in [2.05, 4.69) is 5.43 Å². The first-order valence-electron chi connectivity index (χ1n) is 6.05. The molecule has 1 heterocycles. The molecule has 0 radical (unpaired) electrons. The Hall–Kier alpha value is 2.41. The third-order valence-electron chi connectivity index (χ3n) is 2.45. The van der Waals surface area contributed by atoms with Crippen LogP contribution in [0.2, 0.25) is 15.1 Å². The molecule has 1 aliphatic heterocycles. The number of rotatable bonds is 1. The van der Waals surface area contributed by atoms with Crippen LogP contribution in [0.3, 0.4) is 0 Å². The molecule has 2 rings (SSSR count). The third kappa shape index (κ3) is 10.1. The van der Waals surface area contributed by atoms with E-state index in [1.165, 1.54) is 0 Å². The summed E-state index contributed by atoms with van der Waals surface area (Å²) in [5.41, 5.74) is 3.76. The Balaban J connectivity index is 0.000000351. The van der Waals surface area contributed by atoms with Gasteiger partial charge in [0.15, 0.2) is 0 Å². The van der Waals surface area contributed by atoms with Crippen molar-refractivity contribution in [3.8, 4) is 0 Å². The summed E-state index contributed by atoms with van der Waals surface area (Å²) >= 11 is 24.4. The minimum atomic E-state index is -5.42. The van der Waals surface area contributed by atoms with Gasteiger partial charge in [0, 0.05) is 5.02 Å². The summed E-state index contributed by atoms with van der Waals surface area (Å²) in [6.45, 7) is 4.10. The zero-order valence-electron chi connectivity index (χ0n) is 12.0. The van der Waals surface area contributed by atoms with Crippen LogP contribution in [0.15, 0.2) is 12.1 Å². The number of hydrazine groups is 1. The molecule has 2 nitrogen and oxygen atoms in total. The average Bonchev–Trinajstić information content (AvgIpc) is 2.45. The molecule has 13 heteroatoms. The van der Waals surface area contributed by atoms with E-state index < -0.39 is 9.14 Å². The zero-order valence-corrected chi connectivity index (χ0v) is 22.1. The number of nitrogens with one attached hydrogen (secondary N) is 1. The van der Waals surface area contributed by atoms with Gasteiger partial charge in [-0.1, -0.05) is 39.5 Å². The third-order valence-corrected chi connectivity index (χ3v) is 3.55. The van der Waals surface area contributed by atoms with Gasteiger partial charge in [0.1, 0.15) is 10.0 Å².